The Balaban J connectivity index is 2.66. The van der Waals surface area contributed by atoms with E-state index in [9.17, 15) is 4.79 Å². The first-order valence-electron chi connectivity index (χ1n) is 4.57. The Kier molecular flexibility index (Phi) is 1.45. The SMILES string of the molecule is Cn1[nH]c2c(nnc3ccccc32)c1=O. The third kappa shape index (κ3) is 0.999. The van der Waals surface area contributed by atoms with Crippen molar-refractivity contribution in [3.63, 3.8) is 0 Å². The molecular formula is C10H8N4O. The lowest BCUT2D eigenvalue weighted by atomic mass is 10.2. The van der Waals surface area contributed by atoms with Crippen molar-refractivity contribution in [2.75, 3.05) is 0 Å². The Morgan fingerprint density at radius 3 is 2.93 bits per heavy atom. The first-order chi connectivity index (χ1) is 7.27. The number of fused-ring (bicyclic) bond motifs is 3. The summed E-state index contributed by atoms with van der Waals surface area (Å²) in [6, 6.07) is 7.59. The minimum atomic E-state index is -0.150. The van der Waals surface area contributed by atoms with Crippen LogP contribution in [0, 0.1) is 0 Å². The van der Waals surface area contributed by atoms with E-state index in [1.54, 1.807) is 7.05 Å². The van der Waals surface area contributed by atoms with Crippen molar-refractivity contribution in [1.82, 2.24) is 20.0 Å². The van der Waals surface area contributed by atoms with Crippen molar-refractivity contribution < 1.29 is 0 Å². The van der Waals surface area contributed by atoms with Crippen molar-refractivity contribution in [3.8, 4) is 0 Å². The van der Waals surface area contributed by atoms with E-state index in [1.165, 1.54) is 4.68 Å². The fourth-order valence-electron chi connectivity index (χ4n) is 1.69. The molecule has 74 valence electrons. The van der Waals surface area contributed by atoms with E-state index in [-0.39, 0.29) is 5.56 Å². The highest BCUT2D eigenvalue weighted by Gasteiger charge is 2.09. The molecule has 0 aliphatic heterocycles. The minimum absolute atomic E-state index is 0.150. The van der Waals surface area contributed by atoms with Crippen LogP contribution >= 0.6 is 0 Å². The zero-order valence-electron chi connectivity index (χ0n) is 8.06. The van der Waals surface area contributed by atoms with Gasteiger partial charge >= 0.3 is 0 Å². The summed E-state index contributed by atoms with van der Waals surface area (Å²) in [4.78, 5) is 11.6. The first-order valence-corrected chi connectivity index (χ1v) is 4.57. The third-order valence-electron chi connectivity index (χ3n) is 2.45. The molecular weight excluding hydrogens is 192 g/mol. The van der Waals surface area contributed by atoms with Crippen LogP contribution in [0.2, 0.25) is 0 Å². The molecule has 0 amide bonds. The fraction of sp³-hybridized carbons (Fsp3) is 0.100. The molecule has 0 aliphatic rings. The van der Waals surface area contributed by atoms with E-state index in [2.05, 4.69) is 15.3 Å². The largest absolute Gasteiger partial charge is 0.294 e. The van der Waals surface area contributed by atoms with Crippen LogP contribution in [0.5, 0.6) is 0 Å². The molecule has 0 atom stereocenters. The van der Waals surface area contributed by atoms with Crippen molar-refractivity contribution in [2.24, 2.45) is 7.05 Å². The smallest absolute Gasteiger partial charge is 0.293 e. The highest BCUT2D eigenvalue weighted by atomic mass is 16.1. The summed E-state index contributed by atoms with van der Waals surface area (Å²) in [5, 5.41) is 11.8. The maximum Gasteiger partial charge on any atom is 0.294 e. The molecule has 0 fully saturated rings. The second-order valence-corrected chi connectivity index (χ2v) is 3.42. The number of rotatable bonds is 0. The molecule has 1 N–H and O–H groups in total. The van der Waals surface area contributed by atoms with Gasteiger partial charge in [0, 0.05) is 12.4 Å². The van der Waals surface area contributed by atoms with Crippen LogP contribution in [0.25, 0.3) is 21.9 Å². The van der Waals surface area contributed by atoms with E-state index in [4.69, 9.17) is 0 Å². The summed E-state index contributed by atoms with van der Waals surface area (Å²) in [5.74, 6) is 0. The summed E-state index contributed by atoms with van der Waals surface area (Å²) in [7, 11) is 1.67. The molecule has 0 saturated carbocycles. The van der Waals surface area contributed by atoms with E-state index in [0.29, 0.717) is 5.52 Å². The van der Waals surface area contributed by atoms with E-state index >= 15 is 0 Å². The maximum atomic E-state index is 11.6. The molecule has 0 radical (unpaired) electrons. The van der Waals surface area contributed by atoms with Gasteiger partial charge in [-0.05, 0) is 6.07 Å². The van der Waals surface area contributed by atoms with Gasteiger partial charge in [0.15, 0.2) is 5.52 Å². The lowest BCUT2D eigenvalue weighted by Gasteiger charge is -1.94. The Labute approximate surface area is 84.3 Å². The van der Waals surface area contributed by atoms with Gasteiger partial charge in [-0.1, -0.05) is 18.2 Å². The highest BCUT2D eigenvalue weighted by molar-refractivity contribution is 6.00. The number of aromatic amines is 1. The van der Waals surface area contributed by atoms with Crippen molar-refractivity contribution in [2.45, 2.75) is 0 Å². The van der Waals surface area contributed by atoms with Crippen LogP contribution in [0.15, 0.2) is 29.1 Å². The molecule has 5 nitrogen and oxygen atoms in total. The number of aromatic nitrogens is 4. The summed E-state index contributed by atoms with van der Waals surface area (Å²) in [6.07, 6.45) is 0. The lowest BCUT2D eigenvalue weighted by Crippen LogP contribution is -2.12. The normalized spacial score (nSPS) is 11.3. The average molecular weight is 200 g/mol. The highest BCUT2D eigenvalue weighted by Crippen LogP contribution is 2.16. The van der Waals surface area contributed by atoms with Crippen LogP contribution < -0.4 is 5.56 Å². The molecule has 0 unspecified atom stereocenters. The van der Waals surface area contributed by atoms with Crippen molar-refractivity contribution >= 4 is 21.9 Å². The molecule has 2 aromatic heterocycles. The van der Waals surface area contributed by atoms with E-state index < -0.39 is 0 Å². The van der Waals surface area contributed by atoms with Crippen LogP contribution in [-0.2, 0) is 7.05 Å². The molecule has 2 heterocycles. The van der Waals surface area contributed by atoms with Gasteiger partial charge < -0.3 is 0 Å². The standard InChI is InChI=1S/C10H8N4O/c1-14-10(15)9-8(13-14)6-4-2-3-5-7(6)11-12-9/h2-5,13H,1H3. The second-order valence-electron chi connectivity index (χ2n) is 3.42. The lowest BCUT2D eigenvalue weighted by molar-refractivity contribution is 0.751. The quantitative estimate of drug-likeness (QED) is 0.584. The zero-order valence-corrected chi connectivity index (χ0v) is 8.06. The molecule has 3 rings (SSSR count). The average Bonchev–Trinajstić information content (AvgIpc) is 2.56. The van der Waals surface area contributed by atoms with Gasteiger partial charge in [0.05, 0.1) is 11.0 Å². The van der Waals surface area contributed by atoms with Crippen LogP contribution in [0.1, 0.15) is 0 Å². The van der Waals surface area contributed by atoms with Gasteiger partial charge in [0.1, 0.15) is 0 Å². The third-order valence-corrected chi connectivity index (χ3v) is 2.45. The predicted molar refractivity (Wildman–Crippen MR) is 56.6 cm³/mol. The molecule has 15 heavy (non-hydrogen) atoms. The predicted octanol–water partition coefficient (Wildman–Crippen LogP) is 0.810. The molecule has 0 spiro atoms. The number of hydrogen-bond donors (Lipinski definition) is 1. The number of H-pyrrole nitrogens is 1. The van der Waals surface area contributed by atoms with Gasteiger partial charge in [-0.25, -0.2) is 0 Å². The molecule has 1 aromatic carbocycles. The summed E-state index contributed by atoms with van der Waals surface area (Å²) >= 11 is 0. The number of benzene rings is 1. The Morgan fingerprint density at radius 2 is 2.07 bits per heavy atom. The molecule has 0 saturated heterocycles. The Hall–Kier alpha value is -2.17. The Morgan fingerprint density at radius 1 is 1.27 bits per heavy atom. The molecule has 0 bridgehead atoms. The Bertz CT molecular complexity index is 710. The monoisotopic (exact) mass is 200 g/mol. The van der Waals surface area contributed by atoms with Gasteiger partial charge in [0.2, 0.25) is 0 Å². The van der Waals surface area contributed by atoms with Crippen LogP contribution in [-0.4, -0.2) is 20.0 Å². The summed E-state index contributed by atoms with van der Waals surface area (Å²) in [5.41, 5.74) is 1.76. The molecule has 0 aliphatic carbocycles. The molecule has 3 aromatic rings. The molecule has 5 heteroatoms. The van der Waals surface area contributed by atoms with Gasteiger partial charge in [-0.15, -0.1) is 10.2 Å². The first kappa shape index (κ1) is 8.16. The van der Waals surface area contributed by atoms with Crippen molar-refractivity contribution in [3.05, 3.63) is 34.6 Å². The topological polar surface area (TPSA) is 63.6 Å². The van der Waals surface area contributed by atoms with E-state index in [1.807, 2.05) is 24.3 Å². The summed E-state index contributed by atoms with van der Waals surface area (Å²) in [6.45, 7) is 0. The van der Waals surface area contributed by atoms with Gasteiger partial charge in [-0.2, -0.15) is 0 Å². The number of nitrogens with zero attached hydrogens (tertiary/aromatic N) is 3. The zero-order chi connectivity index (χ0) is 10.4. The van der Waals surface area contributed by atoms with Crippen LogP contribution in [0.4, 0.5) is 0 Å². The minimum Gasteiger partial charge on any atom is -0.293 e. The van der Waals surface area contributed by atoms with E-state index in [0.717, 1.165) is 16.4 Å². The number of hydrogen-bond acceptors (Lipinski definition) is 3. The van der Waals surface area contributed by atoms with Gasteiger partial charge in [0.25, 0.3) is 5.56 Å². The second kappa shape index (κ2) is 2.66. The number of aryl methyl sites for hydroxylation is 1. The maximum absolute atomic E-state index is 11.6. The van der Waals surface area contributed by atoms with Crippen molar-refractivity contribution in [1.29, 1.82) is 0 Å². The summed E-state index contributed by atoms with van der Waals surface area (Å²) < 4.78 is 1.41. The fourth-order valence-corrected chi connectivity index (χ4v) is 1.69. The number of nitrogens with one attached hydrogen (secondary N) is 1. The van der Waals surface area contributed by atoms with Gasteiger partial charge in [-0.3, -0.25) is 14.6 Å². The van der Waals surface area contributed by atoms with Crippen LogP contribution in [0.3, 0.4) is 0 Å².